The van der Waals surface area contributed by atoms with Gasteiger partial charge in [0.25, 0.3) is 0 Å². The van der Waals surface area contributed by atoms with Crippen molar-refractivity contribution in [2.45, 2.75) is 38.1 Å². The molecule has 0 amide bonds. The van der Waals surface area contributed by atoms with Crippen molar-refractivity contribution in [3.8, 4) is 0 Å². The molecule has 5 heteroatoms. The van der Waals surface area contributed by atoms with Gasteiger partial charge in [0.2, 0.25) is 10.0 Å². The van der Waals surface area contributed by atoms with Gasteiger partial charge in [-0.3, -0.25) is 0 Å². The minimum atomic E-state index is -3.42. The van der Waals surface area contributed by atoms with Crippen LogP contribution in [0.15, 0.2) is 23.1 Å². The molecule has 1 heterocycles. The lowest BCUT2D eigenvalue weighted by Gasteiger charge is -2.22. The summed E-state index contributed by atoms with van der Waals surface area (Å²) in [6.07, 6.45) is 0.917. The predicted molar refractivity (Wildman–Crippen MR) is 72.7 cm³/mol. The van der Waals surface area contributed by atoms with Gasteiger partial charge in [0.1, 0.15) is 0 Å². The van der Waals surface area contributed by atoms with Gasteiger partial charge in [-0.25, -0.2) is 8.42 Å². The van der Waals surface area contributed by atoms with E-state index in [1.54, 1.807) is 29.4 Å². The van der Waals surface area contributed by atoms with E-state index in [9.17, 15) is 8.42 Å². The van der Waals surface area contributed by atoms with Crippen molar-refractivity contribution in [3.63, 3.8) is 0 Å². The van der Waals surface area contributed by atoms with Crippen LogP contribution in [0.3, 0.4) is 0 Å². The molecule has 1 aliphatic rings. The average molecular weight is 268 g/mol. The van der Waals surface area contributed by atoms with Crippen molar-refractivity contribution in [2.75, 3.05) is 12.3 Å². The zero-order chi connectivity index (χ0) is 13.5. The molecule has 1 aromatic carbocycles. The highest BCUT2D eigenvalue weighted by Gasteiger charge is 2.36. The molecule has 1 fully saturated rings. The molecule has 1 saturated heterocycles. The maximum Gasteiger partial charge on any atom is 0.243 e. The lowest BCUT2D eigenvalue weighted by molar-refractivity contribution is 0.405. The first kappa shape index (κ1) is 13.4. The summed E-state index contributed by atoms with van der Waals surface area (Å²) in [5.41, 5.74) is 6.96. The van der Waals surface area contributed by atoms with Crippen molar-refractivity contribution in [1.82, 2.24) is 4.31 Å². The van der Waals surface area contributed by atoms with Crippen molar-refractivity contribution in [2.24, 2.45) is 5.92 Å². The molecular weight excluding hydrogens is 248 g/mol. The summed E-state index contributed by atoms with van der Waals surface area (Å²) >= 11 is 0. The summed E-state index contributed by atoms with van der Waals surface area (Å²) in [5, 5.41) is 0. The van der Waals surface area contributed by atoms with Crippen LogP contribution in [0.25, 0.3) is 0 Å². The first-order valence-corrected chi connectivity index (χ1v) is 7.65. The highest BCUT2D eigenvalue weighted by Crippen LogP contribution is 2.31. The van der Waals surface area contributed by atoms with Gasteiger partial charge in [0, 0.05) is 18.3 Å². The van der Waals surface area contributed by atoms with E-state index in [1.165, 1.54) is 0 Å². The van der Waals surface area contributed by atoms with Crippen molar-refractivity contribution in [1.29, 1.82) is 0 Å². The van der Waals surface area contributed by atoms with Crippen LogP contribution in [0.1, 0.15) is 25.8 Å². The van der Waals surface area contributed by atoms with Crippen LogP contribution in [0.4, 0.5) is 5.69 Å². The molecule has 0 saturated carbocycles. The third-order valence-electron chi connectivity index (χ3n) is 3.64. The SMILES string of the molecule is Cc1c(N)cccc1S(=O)(=O)N1CC(C)CC1C. The minimum Gasteiger partial charge on any atom is -0.398 e. The van der Waals surface area contributed by atoms with Gasteiger partial charge in [-0.05, 0) is 43.9 Å². The molecule has 2 unspecified atom stereocenters. The van der Waals surface area contributed by atoms with Gasteiger partial charge in [-0.1, -0.05) is 13.0 Å². The quantitative estimate of drug-likeness (QED) is 0.834. The van der Waals surface area contributed by atoms with E-state index in [0.29, 0.717) is 28.6 Å². The summed E-state index contributed by atoms with van der Waals surface area (Å²) in [6, 6.07) is 5.12. The first-order chi connectivity index (χ1) is 8.34. The number of nitrogen functional groups attached to an aromatic ring is 1. The highest BCUT2D eigenvalue weighted by molar-refractivity contribution is 7.89. The van der Waals surface area contributed by atoms with Crippen LogP contribution in [0.5, 0.6) is 0 Å². The fraction of sp³-hybridized carbons (Fsp3) is 0.538. The van der Waals surface area contributed by atoms with E-state index < -0.39 is 10.0 Å². The van der Waals surface area contributed by atoms with Crippen LogP contribution < -0.4 is 5.73 Å². The van der Waals surface area contributed by atoms with E-state index in [-0.39, 0.29) is 6.04 Å². The Morgan fingerprint density at radius 3 is 2.56 bits per heavy atom. The Kier molecular flexibility index (Phi) is 3.38. The summed E-state index contributed by atoms with van der Waals surface area (Å²) in [7, 11) is -3.42. The molecule has 2 N–H and O–H groups in total. The normalized spacial score (nSPS) is 25.5. The molecule has 0 bridgehead atoms. The number of hydrogen-bond donors (Lipinski definition) is 1. The van der Waals surface area contributed by atoms with Crippen molar-refractivity contribution >= 4 is 15.7 Å². The van der Waals surface area contributed by atoms with Gasteiger partial charge < -0.3 is 5.73 Å². The summed E-state index contributed by atoms with van der Waals surface area (Å²) in [5.74, 6) is 0.413. The highest BCUT2D eigenvalue weighted by atomic mass is 32.2. The zero-order valence-electron chi connectivity index (χ0n) is 11.1. The monoisotopic (exact) mass is 268 g/mol. The molecule has 0 spiro atoms. The van der Waals surface area contributed by atoms with Crippen LogP contribution in [0, 0.1) is 12.8 Å². The molecule has 100 valence electrons. The van der Waals surface area contributed by atoms with Crippen LogP contribution in [-0.4, -0.2) is 25.3 Å². The number of anilines is 1. The molecule has 4 nitrogen and oxygen atoms in total. The number of hydrogen-bond acceptors (Lipinski definition) is 3. The zero-order valence-corrected chi connectivity index (χ0v) is 11.9. The maximum atomic E-state index is 12.6. The Labute approximate surface area is 109 Å². The summed E-state index contributed by atoms with van der Waals surface area (Å²) in [6.45, 7) is 6.39. The van der Waals surface area contributed by atoms with Gasteiger partial charge in [-0.15, -0.1) is 0 Å². The topological polar surface area (TPSA) is 63.4 Å². The van der Waals surface area contributed by atoms with E-state index in [2.05, 4.69) is 6.92 Å². The molecule has 2 atom stereocenters. The average Bonchev–Trinajstić information content (AvgIpc) is 2.62. The van der Waals surface area contributed by atoms with Gasteiger partial charge >= 0.3 is 0 Å². The fourth-order valence-electron chi connectivity index (χ4n) is 2.63. The van der Waals surface area contributed by atoms with E-state index >= 15 is 0 Å². The Balaban J connectivity index is 2.46. The Bertz CT molecular complexity index is 554. The standard InChI is InChI=1S/C13H20N2O2S/c1-9-7-10(2)15(8-9)18(16,17)13-6-4-5-12(14)11(13)3/h4-6,9-10H,7-8,14H2,1-3H3. The van der Waals surface area contributed by atoms with Crippen LogP contribution in [-0.2, 0) is 10.0 Å². The maximum absolute atomic E-state index is 12.6. The lowest BCUT2D eigenvalue weighted by Crippen LogP contribution is -2.34. The van der Waals surface area contributed by atoms with Crippen LogP contribution >= 0.6 is 0 Å². The van der Waals surface area contributed by atoms with E-state index in [4.69, 9.17) is 5.73 Å². The second-order valence-electron chi connectivity index (χ2n) is 5.23. The molecule has 2 rings (SSSR count). The fourth-order valence-corrected chi connectivity index (χ4v) is 4.65. The van der Waals surface area contributed by atoms with Gasteiger partial charge in [-0.2, -0.15) is 4.31 Å². The first-order valence-electron chi connectivity index (χ1n) is 6.21. The smallest absolute Gasteiger partial charge is 0.243 e. The summed E-state index contributed by atoms with van der Waals surface area (Å²) in [4.78, 5) is 0.337. The molecule has 1 aromatic rings. The van der Waals surface area contributed by atoms with E-state index in [0.717, 1.165) is 6.42 Å². The molecule has 0 aliphatic carbocycles. The number of nitrogens with two attached hydrogens (primary N) is 1. The van der Waals surface area contributed by atoms with Crippen molar-refractivity contribution in [3.05, 3.63) is 23.8 Å². The molecule has 1 aliphatic heterocycles. The second-order valence-corrected chi connectivity index (χ2v) is 7.09. The molecule has 0 aromatic heterocycles. The predicted octanol–water partition coefficient (Wildman–Crippen LogP) is 2.00. The molecular formula is C13H20N2O2S. The second kappa shape index (κ2) is 4.55. The molecule has 0 radical (unpaired) electrons. The number of nitrogens with zero attached hydrogens (tertiary/aromatic N) is 1. The summed E-state index contributed by atoms with van der Waals surface area (Å²) < 4.78 is 26.9. The van der Waals surface area contributed by atoms with Crippen LogP contribution in [0.2, 0.25) is 0 Å². The molecule has 18 heavy (non-hydrogen) atoms. The third-order valence-corrected chi connectivity index (χ3v) is 5.76. The number of rotatable bonds is 2. The Morgan fingerprint density at radius 1 is 1.33 bits per heavy atom. The van der Waals surface area contributed by atoms with Gasteiger partial charge in [0.05, 0.1) is 4.90 Å². The Hall–Kier alpha value is -1.07. The third kappa shape index (κ3) is 2.12. The Morgan fingerprint density at radius 2 is 2.00 bits per heavy atom. The minimum absolute atomic E-state index is 0.0610. The van der Waals surface area contributed by atoms with E-state index in [1.807, 2.05) is 6.92 Å². The number of sulfonamides is 1. The largest absolute Gasteiger partial charge is 0.398 e. The number of benzene rings is 1. The van der Waals surface area contributed by atoms with Gasteiger partial charge in [0.15, 0.2) is 0 Å². The lowest BCUT2D eigenvalue weighted by atomic mass is 10.1. The van der Waals surface area contributed by atoms with Crippen molar-refractivity contribution < 1.29 is 8.42 Å².